The molecule has 5 aromatic rings. The van der Waals surface area contributed by atoms with Crippen molar-refractivity contribution in [3.8, 4) is 17.0 Å². The number of carbonyl (C=O) groups is 1. The Morgan fingerprint density at radius 1 is 1.00 bits per heavy atom. The van der Waals surface area contributed by atoms with Crippen molar-refractivity contribution in [3.05, 3.63) is 134 Å². The molecule has 4 aromatic carbocycles. The molecule has 0 radical (unpaired) electrons. The van der Waals surface area contributed by atoms with Gasteiger partial charge in [0.05, 0.1) is 23.5 Å². The van der Waals surface area contributed by atoms with Crippen LogP contribution in [-0.2, 0) is 17.6 Å². The number of likely N-dealkylation sites (tertiary alicyclic amines) is 1. The number of likely N-dealkylation sites (N-methyl/N-ethyl adjacent to an activating group) is 1. The van der Waals surface area contributed by atoms with Crippen LogP contribution in [0.3, 0.4) is 0 Å². The molecule has 2 N–H and O–H groups in total. The number of amides is 1. The van der Waals surface area contributed by atoms with Gasteiger partial charge in [-0.05, 0) is 91.7 Å². The lowest BCUT2D eigenvalue weighted by molar-refractivity contribution is 0.0927. The third kappa shape index (κ3) is 8.09. The highest BCUT2D eigenvalue weighted by molar-refractivity contribution is 7.98. The molecule has 1 saturated heterocycles. The van der Waals surface area contributed by atoms with Crippen LogP contribution in [0.4, 0.5) is 13.2 Å². The van der Waals surface area contributed by atoms with Crippen molar-refractivity contribution in [2.24, 2.45) is 0 Å². The number of rotatable bonds is 11. The Hall–Kier alpha value is -3.96. The van der Waals surface area contributed by atoms with Crippen molar-refractivity contribution in [2.45, 2.75) is 55.1 Å². The van der Waals surface area contributed by atoms with E-state index in [1.54, 1.807) is 37.4 Å². The second kappa shape index (κ2) is 15.3. The molecule has 0 spiro atoms. The summed E-state index contributed by atoms with van der Waals surface area (Å²) < 4.78 is 48.4. The zero-order chi connectivity index (χ0) is 36.4. The topological polar surface area (TPSA) is 70.2 Å². The number of aromatic amines is 1. The molecule has 1 fully saturated rings. The first-order valence-corrected chi connectivity index (χ1v) is 18.1. The van der Waals surface area contributed by atoms with Gasteiger partial charge in [-0.2, -0.15) is 0 Å². The van der Waals surface area contributed by atoms with Gasteiger partial charge in [-0.3, -0.25) is 4.79 Å². The number of nitrogens with one attached hydrogen (secondary N) is 2. The lowest BCUT2D eigenvalue weighted by Crippen LogP contribution is -2.45. The van der Waals surface area contributed by atoms with Crippen molar-refractivity contribution in [1.29, 1.82) is 0 Å². The number of imidazole rings is 1. The summed E-state index contributed by atoms with van der Waals surface area (Å²) in [4.78, 5) is 23.8. The number of halogens is 5. The van der Waals surface area contributed by atoms with Gasteiger partial charge in [0.2, 0.25) is 0 Å². The monoisotopic (exact) mass is 752 g/mol. The van der Waals surface area contributed by atoms with E-state index in [0.717, 1.165) is 29.8 Å². The number of thioether (sulfide) groups is 1. The van der Waals surface area contributed by atoms with Crippen LogP contribution in [0.1, 0.15) is 53.0 Å². The van der Waals surface area contributed by atoms with E-state index in [-0.39, 0.29) is 45.6 Å². The molecule has 1 amide bonds. The zero-order valence-electron chi connectivity index (χ0n) is 28.5. The smallest absolute Gasteiger partial charge is 0.251 e. The molecular formula is C39H37Cl2F3N4O2S. The number of nitrogens with zero attached hydrogens (tertiary/aromatic N) is 2. The Bertz CT molecular complexity index is 2020. The van der Waals surface area contributed by atoms with Crippen molar-refractivity contribution in [1.82, 2.24) is 20.2 Å². The summed E-state index contributed by atoms with van der Waals surface area (Å²) in [7, 11) is 3.54. The number of aromatic nitrogens is 2. The molecule has 6 rings (SSSR count). The molecule has 2 heterocycles. The molecule has 1 aliphatic rings. The van der Waals surface area contributed by atoms with Crippen LogP contribution in [0, 0.1) is 17.5 Å². The van der Waals surface area contributed by atoms with Gasteiger partial charge in [-0.25, -0.2) is 18.2 Å². The number of hydrogen-bond acceptors (Lipinski definition) is 5. The molecular weight excluding hydrogens is 716 g/mol. The van der Waals surface area contributed by atoms with E-state index in [1.807, 2.05) is 33.0 Å². The van der Waals surface area contributed by atoms with E-state index in [1.165, 1.54) is 48.2 Å². The maximum absolute atomic E-state index is 15.6. The van der Waals surface area contributed by atoms with Gasteiger partial charge in [0.1, 0.15) is 23.2 Å². The van der Waals surface area contributed by atoms with Crippen LogP contribution < -0.4 is 10.1 Å². The summed E-state index contributed by atoms with van der Waals surface area (Å²) in [5, 5.41) is 4.18. The first-order valence-electron chi connectivity index (χ1n) is 16.4. The molecule has 266 valence electrons. The lowest BCUT2D eigenvalue weighted by Gasteiger charge is -2.26. The average Bonchev–Trinajstić information content (AvgIpc) is 3.69. The number of carbonyl (C=O) groups excluding carboxylic acids is 1. The largest absolute Gasteiger partial charge is 0.495 e. The maximum atomic E-state index is 15.6. The number of H-pyrrole nitrogens is 1. The van der Waals surface area contributed by atoms with E-state index in [4.69, 9.17) is 32.9 Å². The molecule has 51 heavy (non-hydrogen) atoms. The highest BCUT2D eigenvalue weighted by Crippen LogP contribution is 2.41. The van der Waals surface area contributed by atoms with Gasteiger partial charge in [0.15, 0.2) is 5.16 Å². The summed E-state index contributed by atoms with van der Waals surface area (Å²) in [6.45, 7) is 4.84. The molecule has 2 atom stereocenters. The molecule has 1 unspecified atom stereocenters. The predicted molar refractivity (Wildman–Crippen MR) is 197 cm³/mol. The van der Waals surface area contributed by atoms with Gasteiger partial charge in [-0.15, -0.1) is 0 Å². The third-order valence-electron chi connectivity index (χ3n) is 9.55. The maximum Gasteiger partial charge on any atom is 0.251 e. The Balaban J connectivity index is 1.21. The highest BCUT2D eigenvalue weighted by atomic mass is 35.5. The van der Waals surface area contributed by atoms with E-state index in [0.29, 0.717) is 33.6 Å². The molecule has 12 heteroatoms. The fourth-order valence-corrected chi connectivity index (χ4v) is 7.94. The number of methoxy groups -OCH3 is 1. The minimum Gasteiger partial charge on any atom is -0.495 e. The van der Waals surface area contributed by atoms with Gasteiger partial charge in [0, 0.05) is 51.5 Å². The fourth-order valence-electron chi connectivity index (χ4n) is 6.48. The fraction of sp³-hybridized carbons (Fsp3) is 0.282. The summed E-state index contributed by atoms with van der Waals surface area (Å²) in [6, 6.07) is 20.5. The lowest BCUT2D eigenvalue weighted by atomic mass is 9.79. The molecule has 6 nitrogen and oxygen atoms in total. The second-order valence-corrected chi connectivity index (χ2v) is 15.0. The summed E-state index contributed by atoms with van der Waals surface area (Å²) in [6.07, 6.45) is 1.36. The van der Waals surface area contributed by atoms with Crippen molar-refractivity contribution in [2.75, 3.05) is 20.7 Å². The van der Waals surface area contributed by atoms with Gasteiger partial charge in [-0.1, -0.05) is 67.0 Å². The minimum absolute atomic E-state index is 0.0000825. The Labute approximate surface area is 309 Å². The number of hydrogen-bond donors (Lipinski definition) is 2. The van der Waals surface area contributed by atoms with Gasteiger partial charge >= 0.3 is 0 Å². The second-order valence-electron chi connectivity index (χ2n) is 13.2. The first-order chi connectivity index (χ1) is 24.3. The zero-order valence-corrected chi connectivity index (χ0v) is 30.8. The highest BCUT2D eigenvalue weighted by Gasteiger charge is 2.34. The summed E-state index contributed by atoms with van der Waals surface area (Å²) >= 11 is 14.2. The van der Waals surface area contributed by atoms with Crippen LogP contribution >= 0.6 is 35.0 Å². The number of benzene rings is 4. The normalized spacial score (nSPS) is 16.4. The van der Waals surface area contributed by atoms with Gasteiger partial charge < -0.3 is 19.9 Å². The molecule has 1 aliphatic heterocycles. The average molecular weight is 754 g/mol. The Morgan fingerprint density at radius 3 is 2.35 bits per heavy atom. The predicted octanol–water partition coefficient (Wildman–Crippen LogP) is 9.47. The van der Waals surface area contributed by atoms with E-state index >= 15 is 4.39 Å². The van der Waals surface area contributed by atoms with Crippen molar-refractivity contribution < 1.29 is 22.7 Å². The molecule has 0 bridgehead atoms. The third-order valence-corrected chi connectivity index (χ3v) is 11.1. The van der Waals surface area contributed by atoms with Crippen LogP contribution in [0.25, 0.3) is 11.3 Å². The van der Waals surface area contributed by atoms with Crippen LogP contribution in [0.2, 0.25) is 10.0 Å². The van der Waals surface area contributed by atoms with Crippen molar-refractivity contribution >= 4 is 40.9 Å². The van der Waals surface area contributed by atoms with Crippen LogP contribution in [0.15, 0.2) is 84.0 Å². The van der Waals surface area contributed by atoms with Crippen molar-refractivity contribution in [3.63, 3.8) is 0 Å². The standard InChI is InChI=1S/C39H37Cl2F3N4O2S/c1-39(2,25-9-14-29(40)34(20-25)50-4)36-35(23-7-12-27(43)13-8-23)46-38(47-36)51-21-28-30(41)18-24(19-31(28)44)37(49)45-32-15-16-48(3)33(32)17-22-5-10-26(42)11-6-22/h5-14,18-20,32-33H,15-17,21H2,1-4H3,(H,45,49)(H,46,47)/t32-,33?/m0/s1. The number of ether oxygens (including phenoxy) is 1. The van der Waals surface area contributed by atoms with Gasteiger partial charge in [0.25, 0.3) is 5.91 Å². The van der Waals surface area contributed by atoms with Crippen LogP contribution in [-0.4, -0.2) is 53.6 Å². The van der Waals surface area contributed by atoms with E-state index < -0.39 is 17.1 Å². The first kappa shape index (κ1) is 36.8. The SMILES string of the molecule is COc1cc(C(C)(C)c2[nH]c(SCc3c(F)cc(C(=O)N[C@H]4CCN(C)C4Cc4ccc(F)cc4)cc3Cl)nc2-c2ccc(F)cc2)ccc1Cl. The summed E-state index contributed by atoms with van der Waals surface area (Å²) in [5.41, 5.74) is 3.68. The molecule has 0 saturated carbocycles. The van der Waals surface area contributed by atoms with E-state index in [2.05, 4.69) is 15.2 Å². The summed E-state index contributed by atoms with van der Waals surface area (Å²) in [5.74, 6) is -1.03. The minimum atomic E-state index is -0.628. The Morgan fingerprint density at radius 2 is 1.69 bits per heavy atom. The van der Waals surface area contributed by atoms with Crippen LogP contribution in [0.5, 0.6) is 5.75 Å². The van der Waals surface area contributed by atoms with E-state index in [9.17, 15) is 13.6 Å². The Kier molecular flexibility index (Phi) is 11.1. The molecule has 0 aliphatic carbocycles. The quantitative estimate of drug-likeness (QED) is 0.132. The molecule has 1 aromatic heterocycles.